The van der Waals surface area contributed by atoms with E-state index >= 15 is 0 Å². The summed E-state index contributed by atoms with van der Waals surface area (Å²) in [6, 6.07) is 8.44. The van der Waals surface area contributed by atoms with Crippen molar-refractivity contribution in [1.82, 2.24) is 0 Å². The zero-order valence-corrected chi connectivity index (χ0v) is 12.2. The number of aromatic carboxylic acids is 1. The Bertz CT molecular complexity index is 718. The van der Waals surface area contributed by atoms with E-state index in [0.29, 0.717) is 12.1 Å². The summed E-state index contributed by atoms with van der Waals surface area (Å²) in [4.78, 5) is 10.7. The Morgan fingerprint density at radius 3 is 1.56 bits per heavy atom. The van der Waals surface area contributed by atoms with Crippen LogP contribution in [-0.2, 0) is 0 Å². The van der Waals surface area contributed by atoms with Gasteiger partial charge in [0.1, 0.15) is 11.5 Å². The lowest BCUT2D eigenvalue weighted by atomic mass is 9.98. The van der Waals surface area contributed by atoms with Crippen molar-refractivity contribution >= 4 is 5.97 Å². The standard InChI is InChI=1S/C16H10F6O3/c17-15(18,19)13(16(20,21)22)9-1-5-11(6-2-9)25-12-7-3-10(4-8-12)14(23)24/h1-8,13H,(H,23,24). The fraction of sp³-hybridized carbons (Fsp3) is 0.188. The Hall–Kier alpha value is -2.71. The molecular weight excluding hydrogens is 354 g/mol. The van der Waals surface area contributed by atoms with Gasteiger partial charge in [0, 0.05) is 0 Å². The molecule has 0 spiro atoms. The maximum absolute atomic E-state index is 12.7. The summed E-state index contributed by atoms with van der Waals surface area (Å²) in [6.45, 7) is 0. The van der Waals surface area contributed by atoms with Crippen LogP contribution in [0.15, 0.2) is 48.5 Å². The van der Waals surface area contributed by atoms with Gasteiger partial charge in [0.15, 0.2) is 5.92 Å². The van der Waals surface area contributed by atoms with Gasteiger partial charge in [-0.25, -0.2) is 4.79 Å². The van der Waals surface area contributed by atoms with Gasteiger partial charge in [-0.3, -0.25) is 0 Å². The zero-order valence-electron chi connectivity index (χ0n) is 12.2. The smallest absolute Gasteiger partial charge is 0.404 e. The van der Waals surface area contributed by atoms with Crippen molar-refractivity contribution in [1.29, 1.82) is 0 Å². The number of ether oxygens (including phenoxy) is 1. The zero-order chi connectivity index (χ0) is 18.8. The van der Waals surface area contributed by atoms with E-state index in [1.54, 1.807) is 0 Å². The van der Waals surface area contributed by atoms with Gasteiger partial charge in [-0.05, 0) is 42.0 Å². The van der Waals surface area contributed by atoms with Gasteiger partial charge in [-0.2, -0.15) is 26.3 Å². The highest BCUT2D eigenvalue weighted by Crippen LogP contribution is 2.46. The van der Waals surface area contributed by atoms with Crippen LogP contribution in [0.4, 0.5) is 26.3 Å². The first-order valence-corrected chi connectivity index (χ1v) is 6.73. The predicted octanol–water partition coefficient (Wildman–Crippen LogP) is 5.39. The molecule has 0 aliphatic rings. The van der Waals surface area contributed by atoms with E-state index < -0.39 is 29.8 Å². The normalized spacial score (nSPS) is 12.3. The highest BCUT2D eigenvalue weighted by molar-refractivity contribution is 5.87. The van der Waals surface area contributed by atoms with E-state index in [-0.39, 0.29) is 17.1 Å². The summed E-state index contributed by atoms with van der Waals surface area (Å²) in [5.74, 6) is -4.54. The second kappa shape index (κ2) is 6.66. The monoisotopic (exact) mass is 364 g/mol. The SMILES string of the molecule is O=C(O)c1ccc(Oc2ccc(C(C(F)(F)F)C(F)(F)F)cc2)cc1. The summed E-state index contributed by atoms with van der Waals surface area (Å²) in [7, 11) is 0. The number of hydrogen-bond donors (Lipinski definition) is 1. The quantitative estimate of drug-likeness (QED) is 0.741. The van der Waals surface area contributed by atoms with Crippen LogP contribution in [0.3, 0.4) is 0 Å². The largest absolute Gasteiger partial charge is 0.478 e. The molecule has 9 heteroatoms. The summed E-state index contributed by atoms with van der Waals surface area (Å²) in [5, 5.41) is 8.75. The third kappa shape index (κ3) is 4.65. The van der Waals surface area contributed by atoms with Crippen LogP contribution in [0, 0.1) is 0 Å². The van der Waals surface area contributed by atoms with Crippen LogP contribution >= 0.6 is 0 Å². The Morgan fingerprint density at radius 2 is 1.20 bits per heavy atom. The van der Waals surface area contributed by atoms with Gasteiger partial charge in [0.2, 0.25) is 0 Å². The van der Waals surface area contributed by atoms with Crippen LogP contribution in [0.1, 0.15) is 21.8 Å². The van der Waals surface area contributed by atoms with Crippen molar-refractivity contribution in [3.8, 4) is 11.5 Å². The van der Waals surface area contributed by atoms with Gasteiger partial charge in [-0.15, -0.1) is 0 Å². The van der Waals surface area contributed by atoms with Gasteiger partial charge < -0.3 is 9.84 Å². The van der Waals surface area contributed by atoms with E-state index in [4.69, 9.17) is 9.84 Å². The van der Waals surface area contributed by atoms with E-state index in [0.717, 1.165) is 12.1 Å². The molecule has 0 heterocycles. The first-order valence-electron chi connectivity index (χ1n) is 6.73. The van der Waals surface area contributed by atoms with E-state index in [1.165, 1.54) is 24.3 Å². The van der Waals surface area contributed by atoms with Gasteiger partial charge in [0.25, 0.3) is 0 Å². The minimum Gasteiger partial charge on any atom is -0.478 e. The third-order valence-corrected chi connectivity index (χ3v) is 3.21. The van der Waals surface area contributed by atoms with Crippen LogP contribution in [0.2, 0.25) is 0 Å². The van der Waals surface area contributed by atoms with Gasteiger partial charge >= 0.3 is 18.3 Å². The predicted molar refractivity (Wildman–Crippen MR) is 74.8 cm³/mol. The number of carbonyl (C=O) groups is 1. The van der Waals surface area contributed by atoms with Gasteiger partial charge in [-0.1, -0.05) is 12.1 Å². The number of carboxylic acid groups (broad SMARTS) is 1. The van der Waals surface area contributed by atoms with Crippen LogP contribution in [0.5, 0.6) is 11.5 Å². The molecule has 0 saturated heterocycles. The molecular formula is C16H10F6O3. The Balaban J connectivity index is 2.20. The maximum atomic E-state index is 12.7. The Kier molecular flexibility index (Phi) is 4.96. The van der Waals surface area contributed by atoms with Crippen molar-refractivity contribution in [3.05, 3.63) is 59.7 Å². The number of hydrogen-bond acceptors (Lipinski definition) is 2. The number of benzene rings is 2. The molecule has 0 saturated carbocycles. The molecule has 0 bridgehead atoms. The van der Waals surface area contributed by atoms with Crippen LogP contribution in [0.25, 0.3) is 0 Å². The van der Waals surface area contributed by atoms with Crippen molar-refractivity contribution in [2.45, 2.75) is 18.3 Å². The fourth-order valence-electron chi connectivity index (χ4n) is 2.09. The molecule has 2 aromatic carbocycles. The highest BCUT2D eigenvalue weighted by atomic mass is 19.4. The molecule has 1 N–H and O–H groups in total. The topological polar surface area (TPSA) is 46.5 Å². The lowest BCUT2D eigenvalue weighted by Crippen LogP contribution is -2.34. The first-order chi connectivity index (χ1) is 11.5. The molecule has 2 aromatic rings. The summed E-state index contributed by atoms with van der Waals surface area (Å²) >= 11 is 0. The third-order valence-electron chi connectivity index (χ3n) is 3.21. The molecule has 0 radical (unpaired) electrons. The molecule has 0 unspecified atom stereocenters. The summed E-state index contributed by atoms with van der Waals surface area (Å²) < 4.78 is 81.2. The van der Waals surface area contributed by atoms with Crippen LogP contribution < -0.4 is 4.74 Å². The van der Waals surface area contributed by atoms with Crippen molar-refractivity contribution in [2.24, 2.45) is 0 Å². The van der Waals surface area contributed by atoms with E-state index in [2.05, 4.69) is 0 Å². The van der Waals surface area contributed by atoms with Crippen LogP contribution in [-0.4, -0.2) is 23.4 Å². The fourth-order valence-corrected chi connectivity index (χ4v) is 2.09. The van der Waals surface area contributed by atoms with Gasteiger partial charge in [0.05, 0.1) is 5.56 Å². The molecule has 3 nitrogen and oxygen atoms in total. The molecule has 0 amide bonds. The molecule has 0 aromatic heterocycles. The second-order valence-electron chi connectivity index (χ2n) is 5.02. The highest BCUT2D eigenvalue weighted by Gasteiger charge is 2.57. The maximum Gasteiger partial charge on any atom is 0.404 e. The van der Waals surface area contributed by atoms with Crippen molar-refractivity contribution in [3.63, 3.8) is 0 Å². The Morgan fingerprint density at radius 1 is 0.800 bits per heavy atom. The molecule has 0 fully saturated rings. The lowest BCUT2D eigenvalue weighted by molar-refractivity contribution is -0.253. The second-order valence-corrected chi connectivity index (χ2v) is 5.02. The molecule has 134 valence electrons. The molecule has 0 aliphatic carbocycles. The molecule has 2 rings (SSSR count). The first kappa shape index (κ1) is 18.6. The molecule has 0 atom stereocenters. The van der Waals surface area contributed by atoms with E-state index in [9.17, 15) is 31.1 Å². The number of alkyl halides is 6. The lowest BCUT2D eigenvalue weighted by Gasteiger charge is -2.23. The summed E-state index contributed by atoms with van der Waals surface area (Å²) in [5.41, 5.74) is -0.950. The average Bonchev–Trinajstić information content (AvgIpc) is 2.47. The van der Waals surface area contributed by atoms with Crippen molar-refractivity contribution < 1.29 is 41.0 Å². The molecule has 0 aliphatic heterocycles. The number of halogens is 6. The number of rotatable bonds is 4. The minimum absolute atomic E-state index is 0.000828. The van der Waals surface area contributed by atoms with E-state index in [1.807, 2.05) is 0 Å². The Labute approximate surface area is 137 Å². The number of carboxylic acids is 1. The van der Waals surface area contributed by atoms with Crippen molar-refractivity contribution in [2.75, 3.05) is 0 Å². The average molecular weight is 364 g/mol. The summed E-state index contributed by atoms with van der Waals surface area (Å²) in [6.07, 6.45) is -10.9. The molecule has 25 heavy (non-hydrogen) atoms. The minimum atomic E-state index is -5.46.